The number of fused-ring (bicyclic) bond motifs is 1. The number of carbonyl (C=O) groups is 2. The van der Waals surface area contributed by atoms with E-state index in [1.165, 1.54) is 20.3 Å². The van der Waals surface area contributed by atoms with Crippen molar-refractivity contribution in [1.82, 2.24) is 10.3 Å². The van der Waals surface area contributed by atoms with Crippen molar-refractivity contribution in [3.05, 3.63) is 89.6 Å². The standard InChI is InChI=1S/C26H22N4O5/c1-34-21-13-12-16(15-22(21)35-2)14-20(28-24(31)17-8-4-3-5-9-17)25(32)30-29-23-18-10-6-7-11-19(18)27-26(23)33/h3-15,27,33H,1-2H3,(H,28,31)/b20-14+,30-29?. The van der Waals surface area contributed by atoms with E-state index in [1.54, 1.807) is 72.8 Å². The highest BCUT2D eigenvalue weighted by Gasteiger charge is 2.16. The van der Waals surface area contributed by atoms with Crippen LogP contribution in [0.25, 0.3) is 17.0 Å². The smallest absolute Gasteiger partial charge is 0.311 e. The summed E-state index contributed by atoms with van der Waals surface area (Å²) in [6.45, 7) is 0. The number of nitrogens with zero attached hydrogens (tertiary/aromatic N) is 2. The molecule has 35 heavy (non-hydrogen) atoms. The first-order valence-electron chi connectivity index (χ1n) is 10.6. The summed E-state index contributed by atoms with van der Waals surface area (Å²) in [4.78, 5) is 28.6. The number of H-pyrrole nitrogens is 1. The Balaban J connectivity index is 1.69. The Morgan fingerprint density at radius 3 is 2.40 bits per heavy atom. The van der Waals surface area contributed by atoms with Crippen molar-refractivity contribution >= 4 is 34.5 Å². The fourth-order valence-corrected chi connectivity index (χ4v) is 3.41. The Hall–Kier alpha value is -4.92. The van der Waals surface area contributed by atoms with Crippen molar-refractivity contribution in [2.24, 2.45) is 10.2 Å². The number of ether oxygens (including phenoxy) is 2. The van der Waals surface area contributed by atoms with Crippen LogP contribution in [0.5, 0.6) is 17.4 Å². The van der Waals surface area contributed by atoms with Gasteiger partial charge in [0.1, 0.15) is 5.70 Å². The second-order valence-electron chi connectivity index (χ2n) is 7.37. The van der Waals surface area contributed by atoms with E-state index >= 15 is 0 Å². The molecule has 9 nitrogen and oxygen atoms in total. The van der Waals surface area contributed by atoms with Crippen LogP contribution < -0.4 is 14.8 Å². The largest absolute Gasteiger partial charge is 0.493 e. The minimum absolute atomic E-state index is 0.117. The number of amides is 2. The van der Waals surface area contributed by atoms with E-state index in [9.17, 15) is 14.7 Å². The third kappa shape index (κ3) is 5.19. The van der Waals surface area contributed by atoms with Crippen LogP contribution in [-0.4, -0.2) is 36.1 Å². The highest BCUT2D eigenvalue weighted by atomic mass is 16.5. The van der Waals surface area contributed by atoms with Gasteiger partial charge in [-0.05, 0) is 42.0 Å². The Labute approximate surface area is 200 Å². The SMILES string of the molecule is COc1ccc(/C=C(/NC(=O)c2ccccc2)C(=O)N=Nc2c(O)[nH]c3ccccc23)cc1OC. The number of para-hydroxylation sites is 1. The molecule has 0 bridgehead atoms. The molecule has 3 N–H and O–H groups in total. The van der Waals surface area contributed by atoms with Crippen LogP contribution in [0.4, 0.5) is 5.69 Å². The van der Waals surface area contributed by atoms with Crippen molar-refractivity contribution in [3.8, 4) is 17.4 Å². The number of rotatable bonds is 7. The van der Waals surface area contributed by atoms with E-state index in [1.807, 2.05) is 0 Å². The number of hydrogen-bond acceptors (Lipinski definition) is 6. The molecule has 0 saturated heterocycles. The average molecular weight is 470 g/mol. The fraction of sp³-hybridized carbons (Fsp3) is 0.0769. The molecule has 0 aliphatic rings. The Bertz CT molecular complexity index is 1440. The number of azo groups is 1. The summed E-state index contributed by atoms with van der Waals surface area (Å²) >= 11 is 0. The molecule has 0 fully saturated rings. The second-order valence-corrected chi connectivity index (χ2v) is 7.37. The maximum Gasteiger partial charge on any atom is 0.311 e. The zero-order valence-corrected chi connectivity index (χ0v) is 19.0. The van der Waals surface area contributed by atoms with Crippen LogP contribution >= 0.6 is 0 Å². The Morgan fingerprint density at radius 1 is 0.943 bits per heavy atom. The van der Waals surface area contributed by atoms with E-state index in [0.717, 1.165) is 0 Å². The third-order valence-corrected chi connectivity index (χ3v) is 5.13. The van der Waals surface area contributed by atoms with Gasteiger partial charge in [0, 0.05) is 10.9 Å². The topological polar surface area (TPSA) is 125 Å². The number of aromatic nitrogens is 1. The molecule has 0 radical (unpaired) electrons. The number of nitrogens with one attached hydrogen (secondary N) is 2. The first-order valence-corrected chi connectivity index (χ1v) is 10.6. The van der Waals surface area contributed by atoms with Crippen molar-refractivity contribution in [2.45, 2.75) is 0 Å². The molecule has 0 unspecified atom stereocenters. The molecular formula is C26H22N4O5. The molecule has 2 amide bonds. The number of methoxy groups -OCH3 is 2. The van der Waals surface area contributed by atoms with Crippen LogP contribution in [0.2, 0.25) is 0 Å². The lowest BCUT2D eigenvalue weighted by molar-refractivity contribution is -0.115. The van der Waals surface area contributed by atoms with Crippen LogP contribution in [0, 0.1) is 0 Å². The molecule has 1 aromatic heterocycles. The van der Waals surface area contributed by atoms with Gasteiger partial charge in [0.2, 0.25) is 5.88 Å². The lowest BCUT2D eigenvalue weighted by Gasteiger charge is -2.10. The normalized spacial score (nSPS) is 11.5. The van der Waals surface area contributed by atoms with Crippen LogP contribution in [0.3, 0.4) is 0 Å². The molecule has 0 aliphatic heterocycles. The van der Waals surface area contributed by atoms with Gasteiger partial charge in [-0.2, -0.15) is 0 Å². The first kappa shape index (κ1) is 23.2. The van der Waals surface area contributed by atoms with Gasteiger partial charge in [0.25, 0.3) is 5.91 Å². The zero-order valence-electron chi connectivity index (χ0n) is 19.0. The van der Waals surface area contributed by atoms with Crippen molar-refractivity contribution in [2.75, 3.05) is 14.2 Å². The minimum atomic E-state index is -0.811. The lowest BCUT2D eigenvalue weighted by Crippen LogP contribution is -2.26. The summed E-state index contributed by atoms with van der Waals surface area (Å²) in [6.07, 6.45) is 1.46. The van der Waals surface area contributed by atoms with E-state index < -0.39 is 11.8 Å². The van der Waals surface area contributed by atoms with Gasteiger partial charge in [0.05, 0.1) is 19.7 Å². The summed E-state index contributed by atoms with van der Waals surface area (Å²) in [5, 5.41) is 21.1. The summed E-state index contributed by atoms with van der Waals surface area (Å²) in [5.41, 5.74) is 1.57. The molecule has 4 aromatic rings. The van der Waals surface area contributed by atoms with E-state index in [0.29, 0.717) is 33.5 Å². The third-order valence-electron chi connectivity index (χ3n) is 5.13. The van der Waals surface area contributed by atoms with Crippen LogP contribution in [0.1, 0.15) is 15.9 Å². The van der Waals surface area contributed by atoms with Crippen LogP contribution in [0.15, 0.2) is 88.7 Å². The van der Waals surface area contributed by atoms with E-state index in [-0.39, 0.29) is 17.3 Å². The second kappa shape index (κ2) is 10.3. The van der Waals surface area contributed by atoms with Crippen molar-refractivity contribution < 1.29 is 24.2 Å². The molecule has 3 aromatic carbocycles. The predicted molar refractivity (Wildman–Crippen MR) is 131 cm³/mol. The molecule has 176 valence electrons. The van der Waals surface area contributed by atoms with Gasteiger partial charge in [-0.3, -0.25) is 9.59 Å². The van der Waals surface area contributed by atoms with Gasteiger partial charge >= 0.3 is 5.91 Å². The van der Waals surface area contributed by atoms with Gasteiger partial charge in [-0.15, -0.1) is 10.2 Å². The summed E-state index contributed by atoms with van der Waals surface area (Å²) in [5.74, 6) is -0.556. The number of benzene rings is 3. The number of carbonyl (C=O) groups excluding carboxylic acids is 2. The molecule has 0 aliphatic carbocycles. The Morgan fingerprint density at radius 2 is 1.66 bits per heavy atom. The van der Waals surface area contributed by atoms with E-state index in [2.05, 4.69) is 20.5 Å². The summed E-state index contributed by atoms with van der Waals surface area (Å²) in [6, 6.07) is 20.6. The van der Waals surface area contributed by atoms with Gasteiger partial charge in [0.15, 0.2) is 17.2 Å². The molecule has 1 heterocycles. The molecule has 4 rings (SSSR count). The average Bonchev–Trinajstić information content (AvgIpc) is 3.21. The molecule has 0 saturated carbocycles. The quantitative estimate of drug-likeness (QED) is 0.260. The highest BCUT2D eigenvalue weighted by molar-refractivity contribution is 6.05. The van der Waals surface area contributed by atoms with Gasteiger partial charge in [-0.1, -0.05) is 42.5 Å². The lowest BCUT2D eigenvalue weighted by atomic mass is 10.1. The minimum Gasteiger partial charge on any atom is -0.493 e. The molecule has 9 heteroatoms. The summed E-state index contributed by atoms with van der Waals surface area (Å²) < 4.78 is 10.6. The van der Waals surface area contributed by atoms with Crippen molar-refractivity contribution in [3.63, 3.8) is 0 Å². The maximum absolute atomic E-state index is 13.0. The van der Waals surface area contributed by atoms with E-state index in [4.69, 9.17) is 9.47 Å². The monoisotopic (exact) mass is 470 g/mol. The molecular weight excluding hydrogens is 448 g/mol. The number of aromatic hydroxyl groups is 1. The zero-order chi connectivity index (χ0) is 24.8. The summed E-state index contributed by atoms with van der Waals surface area (Å²) in [7, 11) is 3.01. The van der Waals surface area contributed by atoms with Crippen molar-refractivity contribution in [1.29, 1.82) is 0 Å². The molecule has 0 atom stereocenters. The Kier molecular flexibility index (Phi) is 6.87. The number of aromatic amines is 1. The maximum atomic E-state index is 13.0. The van der Waals surface area contributed by atoms with Gasteiger partial charge < -0.3 is 24.9 Å². The molecule has 0 spiro atoms. The number of hydrogen-bond donors (Lipinski definition) is 3. The first-order chi connectivity index (χ1) is 17.0. The predicted octanol–water partition coefficient (Wildman–Crippen LogP) is 4.97. The van der Waals surface area contributed by atoms with Gasteiger partial charge in [-0.25, -0.2) is 0 Å². The van der Waals surface area contributed by atoms with Crippen LogP contribution in [-0.2, 0) is 4.79 Å². The highest BCUT2D eigenvalue weighted by Crippen LogP contribution is 2.35. The fourth-order valence-electron chi connectivity index (χ4n) is 3.41.